The number of rotatable bonds is 4. The average molecular weight is 402 g/mol. The standard InChI is InChI=1S/C21H23N3O3.ClH/c22-11-19(25)17-9-10-24(20(17)23)21(26)27-12-18-15-7-3-1-5-13(15)14-6-2-4-8-16(14)18;/h1-8,17-18,20H,9-12,22-23H2;1H/t17?,20-;/m1./s1. The summed E-state index contributed by atoms with van der Waals surface area (Å²) in [5.41, 5.74) is 16.2. The molecule has 2 atom stereocenters. The van der Waals surface area contributed by atoms with Crippen LogP contribution in [0.1, 0.15) is 23.5 Å². The first kappa shape index (κ1) is 20.3. The van der Waals surface area contributed by atoms with Crippen LogP contribution >= 0.6 is 12.4 Å². The molecule has 1 heterocycles. The molecule has 0 aromatic heterocycles. The highest BCUT2D eigenvalue weighted by Crippen LogP contribution is 2.44. The van der Waals surface area contributed by atoms with Crippen LogP contribution < -0.4 is 11.5 Å². The second-order valence-electron chi connectivity index (χ2n) is 7.05. The van der Waals surface area contributed by atoms with Crippen LogP contribution in [0.5, 0.6) is 0 Å². The average Bonchev–Trinajstić information content (AvgIpc) is 3.24. The highest BCUT2D eigenvalue weighted by atomic mass is 35.5. The Morgan fingerprint density at radius 2 is 1.61 bits per heavy atom. The normalized spacial score (nSPS) is 20.3. The predicted molar refractivity (Wildman–Crippen MR) is 109 cm³/mol. The zero-order valence-corrected chi connectivity index (χ0v) is 16.2. The Hall–Kier alpha value is -2.41. The fraction of sp³-hybridized carbons (Fsp3) is 0.333. The maximum absolute atomic E-state index is 12.6. The molecule has 0 bridgehead atoms. The molecule has 28 heavy (non-hydrogen) atoms. The molecule has 7 heteroatoms. The Balaban J connectivity index is 0.00000225. The molecule has 6 nitrogen and oxygen atoms in total. The summed E-state index contributed by atoms with van der Waals surface area (Å²) in [5, 5.41) is 0. The molecule has 1 aliphatic carbocycles. The van der Waals surface area contributed by atoms with Crippen molar-refractivity contribution in [3.8, 4) is 11.1 Å². The van der Waals surface area contributed by atoms with Crippen LogP contribution in [0.3, 0.4) is 0 Å². The van der Waals surface area contributed by atoms with Gasteiger partial charge in [-0.25, -0.2) is 4.79 Å². The van der Waals surface area contributed by atoms with Crippen LogP contribution in [-0.2, 0) is 9.53 Å². The molecule has 0 spiro atoms. The van der Waals surface area contributed by atoms with Gasteiger partial charge >= 0.3 is 6.09 Å². The third-order valence-corrected chi connectivity index (χ3v) is 5.64. The zero-order chi connectivity index (χ0) is 19.0. The van der Waals surface area contributed by atoms with E-state index in [9.17, 15) is 9.59 Å². The molecule has 1 amide bonds. The first-order valence-corrected chi connectivity index (χ1v) is 9.21. The summed E-state index contributed by atoms with van der Waals surface area (Å²) in [6.45, 7) is 0.594. The number of likely N-dealkylation sites (tertiary alicyclic amines) is 1. The molecular formula is C21H24ClN3O3. The smallest absolute Gasteiger partial charge is 0.411 e. The lowest BCUT2D eigenvalue weighted by molar-refractivity contribution is -0.122. The van der Waals surface area contributed by atoms with Gasteiger partial charge in [0, 0.05) is 12.5 Å². The summed E-state index contributed by atoms with van der Waals surface area (Å²) in [4.78, 5) is 25.9. The number of nitrogens with zero attached hydrogens (tertiary/aromatic N) is 1. The zero-order valence-electron chi connectivity index (χ0n) is 15.4. The monoisotopic (exact) mass is 401 g/mol. The van der Waals surface area contributed by atoms with Crippen molar-refractivity contribution >= 4 is 24.3 Å². The molecule has 1 aliphatic heterocycles. The highest BCUT2D eigenvalue weighted by Gasteiger charge is 2.39. The second-order valence-corrected chi connectivity index (χ2v) is 7.05. The van der Waals surface area contributed by atoms with Gasteiger partial charge < -0.3 is 16.2 Å². The first-order chi connectivity index (χ1) is 13.1. The number of carbonyl (C=O) groups excluding carboxylic acids is 2. The molecule has 0 saturated carbocycles. The van der Waals surface area contributed by atoms with Crippen LogP contribution in [0.25, 0.3) is 11.1 Å². The van der Waals surface area contributed by atoms with Gasteiger partial charge in [0.25, 0.3) is 0 Å². The third-order valence-electron chi connectivity index (χ3n) is 5.64. The third kappa shape index (κ3) is 3.39. The van der Waals surface area contributed by atoms with Gasteiger partial charge in [-0.15, -0.1) is 12.4 Å². The molecule has 2 aromatic carbocycles. The molecule has 2 aliphatic rings. The quantitative estimate of drug-likeness (QED) is 0.820. The maximum Gasteiger partial charge on any atom is 0.411 e. The molecule has 0 radical (unpaired) electrons. The van der Waals surface area contributed by atoms with E-state index in [0.29, 0.717) is 13.0 Å². The maximum atomic E-state index is 12.6. The first-order valence-electron chi connectivity index (χ1n) is 9.21. The van der Waals surface area contributed by atoms with E-state index >= 15 is 0 Å². The van der Waals surface area contributed by atoms with Crippen LogP contribution in [0.2, 0.25) is 0 Å². The summed E-state index contributed by atoms with van der Waals surface area (Å²) < 4.78 is 5.62. The number of Topliss-reactive ketones (excluding diaryl/α,β-unsaturated/α-hetero) is 1. The number of halogens is 1. The molecular weight excluding hydrogens is 378 g/mol. The van der Waals surface area contributed by atoms with Crippen molar-refractivity contribution < 1.29 is 14.3 Å². The van der Waals surface area contributed by atoms with E-state index in [-0.39, 0.29) is 37.3 Å². The lowest BCUT2D eigenvalue weighted by Crippen LogP contribution is -2.47. The van der Waals surface area contributed by atoms with E-state index in [1.165, 1.54) is 16.0 Å². The fourth-order valence-corrected chi connectivity index (χ4v) is 4.21. The van der Waals surface area contributed by atoms with E-state index in [4.69, 9.17) is 16.2 Å². The molecule has 1 saturated heterocycles. The minimum atomic E-state index is -0.670. The van der Waals surface area contributed by atoms with E-state index in [1.807, 2.05) is 24.3 Å². The van der Waals surface area contributed by atoms with Crippen molar-refractivity contribution in [2.24, 2.45) is 17.4 Å². The number of nitrogens with two attached hydrogens (primary N) is 2. The van der Waals surface area contributed by atoms with Crippen molar-refractivity contribution in [1.82, 2.24) is 4.90 Å². The van der Waals surface area contributed by atoms with Crippen LogP contribution in [0.4, 0.5) is 4.79 Å². The lowest BCUT2D eigenvalue weighted by atomic mass is 9.98. The van der Waals surface area contributed by atoms with Crippen molar-refractivity contribution in [2.45, 2.75) is 18.5 Å². The summed E-state index contributed by atoms with van der Waals surface area (Å²) >= 11 is 0. The van der Waals surface area contributed by atoms with Gasteiger partial charge in [0.2, 0.25) is 0 Å². The molecule has 1 unspecified atom stereocenters. The van der Waals surface area contributed by atoms with Crippen molar-refractivity contribution in [2.75, 3.05) is 19.7 Å². The molecule has 2 aromatic rings. The van der Waals surface area contributed by atoms with Crippen molar-refractivity contribution in [1.29, 1.82) is 0 Å². The number of ketones is 1. The molecule has 4 N–H and O–H groups in total. The van der Waals surface area contributed by atoms with Crippen molar-refractivity contribution in [3.63, 3.8) is 0 Å². The van der Waals surface area contributed by atoms with Crippen LogP contribution in [-0.4, -0.2) is 42.6 Å². The number of benzene rings is 2. The van der Waals surface area contributed by atoms with Gasteiger partial charge in [-0.1, -0.05) is 48.5 Å². The van der Waals surface area contributed by atoms with Crippen LogP contribution in [0, 0.1) is 5.92 Å². The Morgan fingerprint density at radius 1 is 1.04 bits per heavy atom. The number of hydrogen-bond donors (Lipinski definition) is 2. The summed E-state index contributed by atoms with van der Waals surface area (Å²) in [6.07, 6.45) is -0.616. The summed E-state index contributed by atoms with van der Waals surface area (Å²) in [5.74, 6) is -0.520. The Morgan fingerprint density at radius 3 is 2.18 bits per heavy atom. The van der Waals surface area contributed by atoms with E-state index in [1.54, 1.807) is 0 Å². The number of fused-ring (bicyclic) bond motifs is 3. The number of amides is 1. The predicted octanol–water partition coefficient (Wildman–Crippen LogP) is 2.49. The minimum absolute atomic E-state index is 0. The van der Waals surface area contributed by atoms with Gasteiger partial charge in [0.1, 0.15) is 6.61 Å². The largest absolute Gasteiger partial charge is 0.448 e. The number of carbonyl (C=O) groups is 2. The highest BCUT2D eigenvalue weighted by molar-refractivity contribution is 5.85. The van der Waals surface area contributed by atoms with Gasteiger partial charge in [-0.2, -0.15) is 0 Å². The molecule has 148 valence electrons. The second kappa shape index (κ2) is 8.31. The topological polar surface area (TPSA) is 98.7 Å². The summed E-state index contributed by atoms with van der Waals surface area (Å²) in [6, 6.07) is 16.4. The van der Waals surface area contributed by atoms with Crippen LogP contribution in [0.15, 0.2) is 48.5 Å². The Kier molecular flexibility index (Phi) is 6.03. The Bertz CT molecular complexity index is 843. The SMILES string of the molecule is Cl.NCC(=O)C1CCN(C(=O)OCC2c3ccccc3-c3ccccc32)[C@H]1N. The molecule has 4 rings (SSSR count). The number of hydrogen-bond acceptors (Lipinski definition) is 5. The summed E-state index contributed by atoms with van der Waals surface area (Å²) in [7, 11) is 0. The van der Waals surface area contributed by atoms with E-state index in [2.05, 4.69) is 24.3 Å². The fourth-order valence-electron chi connectivity index (χ4n) is 4.21. The van der Waals surface area contributed by atoms with Gasteiger partial charge in [-0.05, 0) is 28.7 Å². The van der Waals surface area contributed by atoms with Gasteiger partial charge in [-0.3, -0.25) is 9.69 Å². The lowest BCUT2D eigenvalue weighted by Gasteiger charge is -2.24. The minimum Gasteiger partial charge on any atom is -0.448 e. The molecule has 1 fully saturated rings. The Labute approximate surface area is 170 Å². The van der Waals surface area contributed by atoms with Crippen molar-refractivity contribution in [3.05, 3.63) is 59.7 Å². The van der Waals surface area contributed by atoms with E-state index in [0.717, 1.165) is 11.1 Å². The number of ether oxygens (including phenoxy) is 1. The van der Waals surface area contributed by atoms with Gasteiger partial charge in [0.05, 0.1) is 18.6 Å². The van der Waals surface area contributed by atoms with Gasteiger partial charge in [0.15, 0.2) is 5.78 Å². The van der Waals surface area contributed by atoms with E-state index < -0.39 is 18.2 Å².